The average Bonchev–Trinajstić information content (AvgIpc) is 2.59. The molecule has 0 unspecified atom stereocenters. The van der Waals surface area contributed by atoms with Crippen molar-refractivity contribution in [1.82, 2.24) is 0 Å². The summed E-state index contributed by atoms with van der Waals surface area (Å²) in [4.78, 5) is 11.0. The summed E-state index contributed by atoms with van der Waals surface area (Å²) in [6.45, 7) is -0.751. The largest absolute Gasteiger partial charge is 0.497 e. The van der Waals surface area contributed by atoms with Gasteiger partial charge in [-0.3, -0.25) is 9.10 Å². The van der Waals surface area contributed by atoms with Crippen LogP contribution in [0.15, 0.2) is 47.4 Å². The Balaban J connectivity index is 2.55. The molecule has 0 aliphatic carbocycles. The van der Waals surface area contributed by atoms with Crippen molar-refractivity contribution in [2.75, 3.05) is 25.1 Å². The minimum absolute atomic E-state index is 0.101. The number of benzene rings is 2. The van der Waals surface area contributed by atoms with Crippen LogP contribution in [0.25, 0.3) is 0 Å². The number of rotatable bonds is 7. The molecule has 0 fully saturated rings. The van der Waals surface area contributed by atoms with E-state index in [2.05, 4.69) is 0 Å². The van der Waals surface area contributed by atoms with Crippen molar-refractivity contribution < 1.29 is 27.8 Å². The van der Waals surface area contributed by atoms with Crippen LogP contribution in [0.1, 0.15) is 0 Å². The normalized spacial score (nSPS) is 11.0. The van der Waals surface area contributed by atoms with Crippen molar-refractivity contribution in [3.63, 3.8) is 0 Å². The van der Waals surface area contributed by atoms with Gasteiger partial charge in [-0.2, -0.15) is 0 Å². The number of methoxy groups -OCH3 is 2. The summed E-state index contributed by atoms with van der Waals surface area (Å²) < 4.78 is 36.7. The molecular weight excluding hydrogens is 370 g/mol. The topological polar surface area (TPSA) is 93.1 Å². The van der Waals surface area contributed by atoms with Crippen LogP contribution in [0.4, 0.5) is 5.69 Å². The maximum Gasteiger partial charge on any atom is 0.324 e. The maximum atomic E-state index is 12.9. The Morgan fingerprint density at radius 3 is 2.44 bits per heavy atom. The molecule has 0 spiro atoms. The molecule has 1 N–H and O–H groups in total. The first-order valence-corrected chi connectivity index (χ1v) is 8.83. The lowest BCUT2D eigenvalue weighted by atomic mass is 10.3. The minimum atomic E-state index is -4.16. The second kappa shape index (κ2) is 7.62. The van der Waals surface area contributed by atoms with Gasteiger partial charge in [-0.1, -0.05) is 17.7 Å². The van der Waals surface area contributed by atoms with E-state index in [1.54, 1.807) is 12.1 Å². The third kappa shape index (κ3) is 4.15. The molecule has 0 bridgehead atoms. The van der Waals surface area contributed by atoms with Crippen LogP contribution >= 0.6 is 11.6 Å². The fourth-order valence-electron chi connectivity index (χ4n) is 2.14. The van der Waals surface area contributed by atoms with Crippen molar-refractivity contribution in [3.8, 4) is 11.5 Å². The molecule has 0 saturated carbocycles. The van der Waals surface area contributed by atoms with Gasteiger partial charge >= 0.3 is 5.97 Å². The lowest BCUT2D eigenvalue weighted by Crippen LogP contribution is -2.35. The van der Waals surface area contributed by atoms with Gasteiger partial charge in [0.05, 0.1) is 29.8 Å². The molecule has 0 aliphatic rings. The van der Waals surface area contributed by atoms with E-state index < -0.39 is 22.5 Å². The van der Waals surface area contributed by atoms with Crippen molar-refractivity contribution in [1.29, 1.82) is 0 Å². The van der Waals surface area contributed by atoms with Crippen LogP contribution in [0, 0.1) is 0 Å². The number of carboxylic acid groups (broad SMARTS) is 1. The van der Waals surface area contributed by atoms with E-state index in [4.69, 9.17) is 26.2 Å². The molecule has 25 heavy (non-hydrogen) atoms. The average molecular weight is 386 g/mol. The number of aliphatic carboxylic acids is 1. The monoisotopic (exact) mass is 385 g/mol. The summed E-state index contributed by atoms with van der Waals surface area (Å²) in [5, 5.41) is 9.24. The standard InChI is InChI=1S/C16H16ClNO6S/c1-23-12-5-3-4-11(8-12)18(10-16(19)20)25(21,22)13-6-7-15(24-2)14(17)9-13/h3-9H,10H2,1-2H3,(H,19,20). The highest BCUT2D eigenvalue weighted by molar-refractivity contribution is 7.92. The van der Waals surface area contributed by atoms with E-state index in [1.807, 2.05) is 0 Å². The molecular formula is C16H16ClNO6S. The maximum absolute atomic E-state index is 12.9. The molecule has 134 valence electrons. The predicted octanol–water partition coefficient (Wildman–Crippen LogP) is 2.64. The summed E-state index contributed by atoms with van der Waals surface area (Å²) >= 11 is 6.00. The van der Waals surface area contributed by atoms with Gasteiger partial charge in [0.2, 0.25) is 0 Å². The molecule has 0 amide bonds. The number of carboxylic acids is 1. The number of ether oxygens (including phenoxy) is 2. The number of hydrogen-bond acceptors (Lipinski definition) is 5. The van der Waals surface area contributed by atoms with Crippen LogP contribution in [0.3, 0.4) is 0 Å². The number of halogens is 1. The highest BCUT2D eigenvalue weighted by Gasteiger charge is 2.28. The first-order chi connectivity index (χ1) is 11.8. The Labute approximate surface area is 150 Å². The third-order valence-corrected chi connectivity index (χ3v) is 5.40. The third-order valence-electron chi connectivity index (χ3n) is 3.33. The molecule has 2 aromatic rings. The van der Waals surface area contributed by atoms with Crippen molar-refractivity contribution in [2.24, 2.45) is 0 Å². The summed E-state index contributed by atoms with van der Waals surface area (Å²) in [5.41, 5.74) is 0.161. The SMILES string of the molecule is COc1cccc(N(CC(=O)O)S(=O)(=O)c2ccc(OC)c(Cl)c2)c1. The fourth-order valence-corrected chi connectivity index (χ4v) is 3.89. The zero-order valence-corrected chi connectivity index (χ0v) is 15.0. The van der Waals surface area contributed by atoms with Crippen LogP contribution < -0.4 is 13.8 Å². The van der Waals surface area contributed by atoms with Gasteiger partial charge in [0, 0.05) is 6.07 Å². The van der Waals surface area contributed by atoms with Gasteiger partial charge in [-0.05, 0) is 30.3 Å². The number of sulfonamides is 1. The molecule has 0 radical (unpaired) electrons. The minimum Gasteiger partial charge on any atom is -0.497 e. The molecule has 9 heteroatoms. The van der Waals surface area contributed by atoms with Gasteiger partial charge < -0.3 is 14.6 Å². The Kier molecular flexibility index (Phi) is 5.76. The van der Waals surface area contributed by atoms with E-state index in [0.29, 0.717) is 11.5 Å². The zero-order valence-electron chi connectivity index (χ0n) is 13.5. The first-order valence-electron chi connectivity index (χ1n) is 7.01. The molecule has 0 aliphatic heterocycles. The molecule has 0 heterocycles. The molecule has 0 saturated heterocycles. The van der Waals surface area contributed by atoms with Gasteiger partial charge in [-0.25, -0.2) is 8.42 Å². The zero-order chi connectivity index (χ0) is 18.6. The van der Waals surface area contributed by atoms with E-state index >= 15 is 0 Å². The lowest BCUT2D eigenvalue weighted by molar-refractivity contribution is -0.135. The van der Waals surface area contributed by atoms with E-state index in [0.717, 1.165) is 4.31 Å². The van der Waals surface area contributed by atoms with Gasteiger partial charge in [0.15, 0.2) is 0 Å². The molecule has 7 nitrogen and oxygen atoms in total. The van der Waals surface area contributed by atoms with E-state index in [9.17, 15) is 13.2 Å². The molecule has 2 aromatic carbocycles. The Morgan fingerprint density at radius 1 is 1.16 bits per heavy atom. The molecule has 0 aromatic heterocycles. The smallest absolute Gasteiger partial charge is 0.324 e. The summed E-state index contributed by atoms with van der Waals surface area (Å²) in [6.07, 6.45) is 0. The van der Waals surface area contributed by atoms with Crippen molar-refractivity contribution >= 4 is 33.3 Å². The highest BCUT2D eigenvalue weighted by Crippen LogP contribution is 2.31. The fraction of sp³-hybridized carbons (Fsp3) is 0.188. The Bertz CT molecular complexity index is 884. The van der Waals surface area contributed by atoms with Gasteiger partial charge in [-0.15, -0.1) is 0 Å². The Morgan fingerprint density at radius 2 is 1.88 bits per heavy atom. The predicted molar refractivity (Wildman–Crippen MR) is 93.2 cm³/mol. The highest BCUT2D eigenvalue weighted by atomic mass is 35.5. The van der Waals surface area contributed by atoms with Crippen molar-refractivity contribution in [3.05, 3.63) is 47.5 Å². The lowest BCUT2D eigenvalue weighted by Gasteiger charge is -2.23. The summed E-state index contributed by atoms with van der Waals surface area (Å²) in [5.74, 6) is -0.589. The second-order valence-electron chi connectivity index (χ2n) is 4.90. The van der Waals surface area contributed by atoms with Crippen LogP contribution in [-0.2, 0) is 14.8 Å². The summed E-state index contributed by atoms with van der Waals surface area (Å²) in [6, 6.07) is 10.0. The molecule has 2 rings (SSSR count). The van der Waals surface area contributed by atoms with Gasteiger partial charge in [0.25, 0.3) is 10.0 Å². The second-order valence-corrected chi connectivity index (χ2v) is 7.17. The number of nitrogens with zero attached hydrogens (tertiary/aromatic N) is 1. The number of carbonyl (C=O) groups is 1. The van der Waals surface area contributed by atoms with Crippen LogP contribution in [-0.4, -0.2) is 40.3 Å². The van der Waals surface area contributed by atoms with Crippen molar-refractivity contribution in [2.45, 2.75) is 4.90 Å². The van der Waals surface area contributed by atoms with Crippen LogP contribution in [0.5, 0.6) is 11.5 Å². The first kappa shape index (κ1) is 18.9. The Hall–Kier alpha value is -2.45. The van der Waals surface area contributed by atoms with E-state index in [1.165, 1.54) is 44.6 Å². The quantitative estimate of drug-likeness (QED) is 0.787. The number of hydrogen-bond donors (Lipinski definition) is 1. The molecule has 0 atom stereocenters. The summed E-state index contributed by atoms with van der Waals surface area (Å²) in [7, 11) is -1.33. The van der Waals surface area contributed by atoms with Gasteiger partial charge in [0.1, 0.15) is 18.0 Å². The van der Waals surface area contributed by atoms with E-state index in [-0.39, 0.29) is 15.6 Å². The van der Waals surface area contributed by atoms with Crippen LogP contribution in [0.2, 0.25) is 5.02 Å². The number of anilines is 1.